The van der Waals surface area contributed by atoms with Gasteiger partial charge in [-0.15, -0.1) is 0 Å². The van der Waals surface area contributed by atoms with Crippen LogP contribution in [0.25, 0.3) is 0 Å². The van der Waals surface area contributed by atoms with E-state index in [1.807, 2.05) is 47.4 Å². The maximum atomic E-state index is 12.3. The third kappa shape index (κ3) is 6.05. The fourth-order valence-corrected chi connectivity index (χ4v) is 3.54. The summed E-state index contributed by atoms with van der Waals surface area (Å²) < 4.78 is 0. The summed E-state index contributed by atoms with van der Waals surface area (Å²) in [6.45, 7) is 1.56. The van der Waals surface area contributed by atoms with Crippen LogP contribution in [-0.2, 0) is 16.1 Å². The fourth-order valence-electron chi connectivity index (χ4n) is 3.54. The highest BCUT2D eigenvalue weighted by atomic mass is 16.2. The summed E-state index contributed by atoms with van der Waals surface area (Å²) in [6.07, 6.45) is 1.84. The molecule has 1 heterocycles. The highest BCUT2D eigenvalue weighted by molar-refractivity contribution is 5.93. The molecular formula is C22H27N5O3. The molecule has 1 aliphatic heterocycles. The molecule has 0 aliphatic carbocycles. The Labute approximate surface area is 175 Å². The molecule has 30 heavy (non-hydrogen) atoms. The third-order valence-corrected chi connectivity index (χ3v) is 5.03. The molecule has 1 fully saturated rings. The molecule has 0 aromatic heterocycles. The topological polar surface area (TPSA) is 117 Å². The molecule has 8 nitrogen and oxygen atoms in total. The van der Waals surface area contributed by atoms with Crippen molar-refractivity contribution in [2.24, 2.45) is 5.73 Å². The van der Waals surface area contributed by atoms with Gasteiger partial charge in [-0.05, 0) is 43.1 Å². The Kier molecular flexibility index (Phi) is 7.40. The minimum atomic E-state index is -0.360. The van der Waals surface area contributed by atoms with Crippen molar-refractivity contribution in [1.29, 1.82) is 0 Å². The van der Waals surface area contributed by atoms with E-state index >= 15 is 0 Å². The molecule has 1 atom stereocenters. The minimum absolute atomic E-state index is 0.143. The lowest BCUT2D eigenvalue weighted by Crippen LogP contribution is -2.39. The van der Waals surface area contributed by atoms with Crippen LogP contribution in [0, 0.1) is 0 Å². The molecule has 1 unspecified atom stereocenters. The number of nitrogens with zero attached hydrogens (tertiary/aromatic N) is 1. The number of anilines is 2. The number of hydrogen-bond acceptors (Lipinski definition) is 4. The van der Waals surface area contributed by atoms with E-state index in [1.54, 1.807) is 12.1 Å². The molecule has 4 amide bonds. The maximum Gasteiger partial charge on any atom is 0.319 e. The number of nitrogens with one attached hydrogen (secondary N) is 3. The second kappa shape index (κ2) is 10.4. The Bertz CT molecular complexity index is 887. The van der Waals surface area contributed by atoms with Gasteiger partial charge in [-0.2, -0.15) is 0 Å². The van der Waals surface area contributed by atoms with Crippen molar-refractivity contribution in [3.05, 3.63) is 60.2 Å². The third-order valence-electron chi connectivity index (χ3n) is 5.03. The average Bonchev–Trinajstić information content (AvgIpc) is 3.19. The van der Waals surface area contributed by atoms with E-state index in [0.717, 1.165) is 24.9 Å². The van der Waals surface area contributed by atoms with Crippen LogP contribution in [0.3, 0.4) is 0 Å². The number of primary amides is 1. The van der Waals surface area contributed by atoms with E-state index < -0.39 is 0 Å². The first-order chi connectivity index (χ1) is 14.5. The molecule has 0 spiro atoms. The van der Waals surface area contributed by atoms with Gasteiger partial charge in [-0.25, -0.2) is 4.79 Å². The number of rotatable bonds is 8. The van der Waals surface area contributed by atoms with Crippen molar-refractivity contribution >= 4 is 29.2 Å². The second-order valence-electron chi connectivity index (χ2n) is 7.23. The minimum Gasteiger partial charge on any atom is -0.368 e. The van der Waals surface area contributed by atoms with Gasteiger partial charge in [0.1, 0.15) is 0 Å². The number of benzene rings is 2. The molecule has 1 saturated heterocycles. The SMILES string of the molecule is NC(=O)C1CCCN1Cc1ccccc1NC(=O)CCNC(=O)Nc1ccccc1. The number of carbonyl (C=O) groups excluding carboxylic acids is 3. The second-order valence-corrected chi connectivity index (χ2v) is 7.23. The van der Waals surface area contributed by atoms with Gasteiger partial charge in [0.2, 0.25) is 11.8 Å². The van der Waals surface area contributed by atoms with Gasteiger partial charge in [-0.3, -0.25) is 14.5 Å². The van der Waals surface area contributed by atoms with Gasteiger partial charge in [-0.1, -0.05) is 36.4 Å². The number of hydrogen-bond donors (Lipinski definition) is 4. The van der Waals surface area contributed by atoms with Gasteiger partial charge in [0.05, 0.1) is 6.04 Å². The number of para-hydroxylation sites is 2. The summed E-state index contributed by atoms with van der Waals surface area (Å²) in [5.41, 5.74) is 7.81. The number of amides is 4. The zero-order chi connectivity index (χ0) is 21.3. The standard InChI is InChI=1S/C22H27N5O3/c23-21(29)19-11-6-14-27(19)15-16-7-4-5-10-18(16)26-20(28)12-13-24-22(30)25-17-8-2-1-3-9-17/h1-5,7-10,19H,6,11-15H2,(H2,23,29)(H,26,28)(H2,24,25,30). The largest absolute Gasteiger partial charge is 0.368 e. The summed E-state index contributed by atoms with van der Waals surface area (Å²) in [7, 11) is 0. The number of likely N-dealkylation sites (tertiary alicyclic amines) is 1. The molecule has 2 aromatic carbocycles. The molecule has 5 N–H and O–H groups in total. The van der Waals surface area contributed by atoms with Gasteiger partial charge in [0.25, 0.3) is 0 Å². The van der Waals surface area contributed by atoms with E-state index in [2.05, 4.69) is 16.0 Å². The predicted octanol–water partition coefficient (Wildman–Crippen LogP) is 2.29. The van der Waals surface area contributed by atoms with Crippen molar-refractivity contribution in [1.82, 2.24) is 10.2 Å². The fraction of sp³-hybridized carbons (Fsp3) is 0.318. The number of urea groups is 1. The first-order valence-corrected chi connectivity index (χ1v) is 10.0. The average molecular weight is 409 g/mol. The van der Waals surface area contributed by atoms with Crippen molar-refractivity contribution in [3.63, 3.8) is 0 Å². The van der Waals surface area contributed by atoms with E-state index in [0.29, 0.717) is 17.9 Å². The van der Waals surface area contributed by atoms with Crippen LogP contribution >= 0.6 is 0 Å². The molecule has 8 heteroatoms. The van der Waals surface area contributed by atoms with Crippen LogP contribution in [-0.4, -0.2) is 41.9 Å². The molecule has 0 bridgehead atoms. The Morgan fingerprint density at radius 3 is 2.50 bits per heavy atom. The van der Waals surface area contributed by atoms with Crippen LogP contribution < -0.4 is 21.7 Å². The van der Waals surface area contributed by atoms with Crippen molar-refractivity contribution in [2.75, 3.05) is 23.7 Å². The Hall–Kier alpha value is -3.39. The highest BCUT2D eigenvalue weighted by Crippen LogP contribution is 2.23. The molecule has 2 aromatic rings. The highest BCUT2D eigenvalue weighted by Gasteiger charge is 2.29. The van der Waals surface area contributed by atoms with Crippen LogP contribution in [0.4, 0.5) is 16.2 Å². The lowest BCUT2D eigenvalue weighted by molar-refractivity contribution is -0.122. The molecular weight excluding hydrogens is 382 g/mol. The van der Waals surface area contributed by atoms with Gasteiger partial charge < -0.3 is 21.7 Å². The van der Waals surface area contributed by atoms with Crippen molar-refractivity contribution < 1.29 is 14.4 Å². The van der Waals surface area contributed by atoms with Gasteiger partial charge in [0, 0.05) is 30.9 Å². The summed E-state index contributed by atoms with van der Waals surface area (Å²) in [5.74, 6) is -0.510. The summed E-state index contributed by atoms with van der Waals surface area (Å²) in [4.78, 5) is 37.9. The van der Waals surface area contributed by atoms with E-state index in [9.17, 15) is 14.4 Å². The Morgan fingerprint density at radius 1 is 1.00 bits per heavy atom. The first-order valence-electron chi connectivity index (χ1n) is 10.0. The Balaban J connectivity index is 1.48. The Morgan fingerprint density at radius 2 is 1.73 bits per heavy atom. The molecule has 0 radical (unpaired) electrons. The molecule has 0 saturated carbocycles. The molecule has 1 aliphatic rings. The van der Waals surface area contributed by atoms with E-state index in [-0.39, 0.29) is 36.9 Å². The maximum absolute atomic E-state index is 12.3. The van der Waals surface area contributed by atoms with E-state index in [4.69, 9.17) is 5.73 Å². The first kappa shape index (κ1) is 21.3. The smallest absolute Gasteiger partial charge is 0.319 e. The lowest BCUT2D eigenvalue weighted by Gasteiger charge is -2.23. The number of nitrogens with two attached hydrogens (primary N) is 1. The molecule has 158 valence electrons. The zero-order valence-corrected chi connectivity index (χ0v) is 16.8. The van der Waals surface area contributed by atoms with Gasteiger partial charge >= 0.3 is 6.03 Å². The van der Waals surface area contributed by atoms with Crippen molar-refractivity contribution in [3.8, 4) is 0 Å². The lowest BCUT2D eigenvalue weighted by atomic mass is 10.1. The number of carbonyl (C=O) groups is 3. The van der Waals surface area contributed by atoms with Crippen LogP contribution in [0.5, 0.6) is 0 Å². The van der Waals surface area contributed by atoms with Crippen LogP contribution in [0.2, 0.25) is 0 Å². The normalized spacial score (nSPS) is 16.1. The molecule has 3 rings (SSSR count). The van der Waals surface area contributed by atoms with Crippen LogP contribution in [0.15, 0.2) is 54.6 Å². The summed E-state index contributed by atoms with van der Waals surface area (Å²) in [5, 5.41) is 8.27. The van der Waals surface area contributed by atoms with Crippen molar-refractivity contribution in [2.45, 2.75) is 31.8 Å². The van der Waals surface area contributed by atoms with E-state index in [1.165, 1.54) is 0 Å². The summed E-state index contributed by atoms with van der Waals surface area (Å²) in [6, 6.07) is 16.0. The van der Waals surface area contributed by atoms with Crippen LogP contribution in [0.1, 0.15) is 24.8 Å². The van der Waals surface area contributed by atoms with Gasteiger partial charge in [0.15, 0.2) is 0 Å². The monoisotopic (exact) mass is 409 g/mol. The summed E-state index contributed by atoms with van der Waals surface area (Å²) >= 11 is 0. The zero-order valence-electron chi connectivity index (χ0n) is 16.8. The quantitative estimate of drug-likeness (QED) is 0.535. The predicted molar refractivity (Wildman–Crippen MR) is 116 cm³/mol.